The Hall–Kier alpha value is -1.06. The summed E-state index contributed by atoms with van der Waals surface area (Å²) in [6, 6.07) is 8.57. The van der Waals surface area contributed by atoms with Crippen molar-refractivity contribution in [2.24, 2.45) is 5.92 Å². The molecule has 1 fully saturated rings. The molecule has 1 aliphatic heterocycles. The van der Waals surface area contributed by atoms with Gasteiger partial charge in [0, 0.05) is 13.0 Å². The van der Waals surface area contributed by atoms with Gasteiger partial charge in [0.05, 0.1) is 0 Å². The fourth-order valence-corrected chi connectivity index (χ4v) is 2.67. The number of rotatable bonds is 7. The number of hydrogen-bond acceptors (Lipinski definition) is 2. The van der Waals surface area contributed by atoms with E-state index >= 15 is 0 Å². The highest BCUT2D eigenvalue weighted by atomic mass is 35.5. The molecule has 1 aliphatic rings. The number of amides is 1. The third-order valence-corrected chi connectivity index (χ3v) is 4.03. The minimum absolute atomic E-state index is 0. The van der Waals surface area contributed by atoms with Crippen molar-refractivity contribution in [2.45, 2.75) is 39.0 Å². The van der Waals surface area contributed by atoms with Crippen molar-refractivity contribution < 1.29 is 4.79 Å². The molecule has 4 heteroatoms. The Morgan fingerprint density at radius 2 is 2.10 bits per heavy atom. The van der Waals surface area contributed by atoms with E-state index in [2.05, 4.69) is 41.8 Å². The van der Waals surface area contributed by atoms with Crippen molar-refractivity contribution in [3.05, 3.63) is 35.4 Å². The van der Waals surface area contributed by atoms with E-state index in [0.717, 1.165) is 44.8 Å². The SMILES string of the molecule is Cc1ccc(CCCC(=O)NCCC2CCNC2)cc1.Cl. The van der Waals surface area contributed by atoms with E-state index < -0.39 is 0 Å². The van der Waals surface area contributed by atoms with Crippen LogP contribution in [0.1, 0.15) is 36.8 Å². The molecule has 1 atom stereocenters. The zero-order chi connectivity index (χ0) is 14.2. The molecule has 0 saturated carbocycles. The van der Waals surface area contributed by atoms with Crippen molar-refractivity contribution in [1.29, 1.82) is 0 Å². The molecule has 0 spiro atoms. The van der Waals surface area contributed by atoms with E-state index in [0.29, 0.717) is 6.42 Å². The van der Waals surface area contributed by atoms with Gasteiger partial charge < -0.3 is 10.6 Å². The summed E-state index contributed by atoms with van der Waals surface area (Å²) < 4.78 is 0. The summed E-state index contributed by atoms with van der Waals surface area (Å²) in [6.07, 6.45) is 4.91. The van der Waals surface area contributed by atoms with Crippen molar-refractivity contribution in [1.82, 2.24) is 10.6 Å². The molecule has 0 aliphatic carbocycles. The van der Waals surface area contributed by atoms with Gasteiger partial charge in [0.15, 0.2) is 0 Å². The maximum atomic E-state index is 11.7. The minimum Gasteiger partial charge on any atom is -0.356 e. The Morgan fingerprint density at radius 3 is 2.76 bits per heavy atom. The van der Waals surface area contributed by atoms with E-state index in [1.54, 1.807) is 0 Å². The van der Waals surface area contributed by atoms with Gasteiger partial charge in [-0.05, 0) is 57.2 Å². The molecule has 1 unspecified atom stereocenters. The number of benzene rings is 1. The van der Waals surface area contributed by atoms with E-state index in [9.17, 15) is 4.79 Å². The largest absolute Gasteiger partial charge is 0.356 e. The van der Waals surface area contributed by atoms with Crippen LogP contribution in [0.3, 0.4) is 0 Å². The van der Waals surface area contributed by atoms with Gasteiger partial charge in [-0.25, -0.2) is 0 Å². The summed E-state index contributed by atoms with van der Waals surface area (Å²) in [6.45, 7) is 5.17. The highest BCUT2D eigenvalue weighted by molar-refractivity contribution is 5.85. The van der Waals surface area contributed by atoms with Crippen LogP contribution in [0.4, 0.5) is 0 Å². The number of nitrogens with one attached hydrogen (secondary N) is 2. The van der Waals surface area contributed by atoms with Gasteiger partial charge in [-0.1, -0.05) is 29.8 Å². The first-order valence-electron chi connectivity index (χ1n) is 7.77. The molecule has 2 N–H and O–H groups in total. The lowest BCUT2D eigenvalue weighted by molar-refractivity contribution is -0.121. The van der Waals surface area contributed by atoms with Gasteiger partial charge in [0.25, 0.3) is 0 Å². The second-order valence-corrected chi connectivity index (χ2v) is 5.84. The predicted molar refractivity (Wildman–Crippen MR) is 90.0 cm³/mol. The van der Waals surface area contributed by atoms with Crippen LogP contribution in [0.2, 0.25) is 0 Å². The lowest BCUT2D eigenvalue weighted by Crippen LogP contribution is -2.26. The number of halogens is 1. The molecule has 3 nitrogen and oxygen atoms in total. The molecule has 1 aromatic rings. The second-order valence-electron chi connectivity index (χ2n) is 5.84. The van der Waals surface area contributed by atoms with Gasteiger partial charge in [0.2, 0.25) is 5.91 Å². The molecule has 0 aromatic heterocycles. The van der Waals surface area contributed by atoms with E-state index in [1.807, 2.05) is 0 Å². The Morgan fingerprint density at radius 1 is 1.33 bits per heavy atom. The zero-order valence-corrected chi connectivity index (χ0v) is 13.7. The van der Waals surface area contributed by atoms with Gasteiger partial charge in [-0.15, -0.1) is 12.4 Å². The molecule has 2 rings (SSSR count). The molecular formula is C17H27ClN2O. The third-order valence-electron chi connectivity index (χ3n) is 4.03. The van der Waals surface area contributed by atoms with Crippen molar-refractivity contribution in [3.8, 4) is 0 Å². The summed E-state index contributed by atoms with van der Waals surface area (Å²) in [5.74, 6) is 0.950. The fraction of sp³-hybridized carbons (Fsp3) is 0.588. The molecule has 1 aromatic carbocycles. The van der Waals surface area contributed by atoms with Crippen LogP contribution in [-0.2, 0) is 11.2 Å². The average Bonchev–Trinajstić information content (AvgIpc) is 2.94. The van der Waals surface area contributed by atoms with Crippen LogP contribution in [0.15, 0.2) is 24.3 Å². The molecule has 0 bridgehead atoms. The monoisotopic (exact) mass is 310 g/mol. The van der Waals surface area contributed by atoms with Gasteiger partial charge >= 0.3 is 0 Å². The Labute approximate surface area is 134 Å². The van der Waals surface area contributed by atoms with Crippen LogP contribution in [0.5, 0.6) is 0 Å². The first-order chi connectivity index (χ1) is 9.74. The van der Waals surface area contributed by atoms with Crippen LogP contribution < -0.4 is 10.6 Å². The standard InChI is InChI=1S/C17H26N2O.ClH/c1-14-5-7-15(8-6-14)3-2-4-17(20)19-12-10-16-9-11-18-13-16;/h5-8,16,18H,2-4,9-13H2,1H3,(H,19,20);1H. The first-order valence-corrected chi connectivity index (χ1v) is 7.77. The highest BCUT2D eigenvalue weighted by Gasteiger charge is 2.13. The molecule has 0 radical (unpaired) electrons. The topological polar surface area (TPSA) is 41.1 Å². The summed E-state index contributed by atoms with van der Waals surface area (Å²) >= 11 is 0. The minimum atomic E-state index is 0. The van der Waals surface area contributed by atoms with Gasteiger partial charge in [-0.3, -0.25) is 4.79 Å². The van der Waals surface area contributed by atoms with Gasteiger partial charge in [0.1, 0.15) is 0 Å². The van der Waals surface area contributed by atoms with E-state index in [1.165, 1.54) is 17.5 Å². The van der Waals surface area contributed by atoms with Crippen LogP contribution in [0.25, 0.3) is 0 Å². The summed E-state index contributed by atoms with van der Waals surface area (Å²) in [7, 11) is 0. The predicted octanol–water partition coefficient (Wildman–Crippen LogP) is 2.86. The van der Waals surface area contributed by atoms with Crippen molar-refractivity contribution in [3.63, 3.8) is 0 Å². The molecule has 1 amide bonds. The second kappa shape index (κ2) is 9.80. The molecule has 118 valence electrons. The number of carbonyl (C=O) groups excluding carboxylic acids is 1. The average molecular weight is 311 g/mol. The Balaban J connectivity index is 0.00000220. The summed E-state index contributed by atoms with van der Waals surface area (Å²) in [5, 5.41) is 6.39. The van der Waals surface area contributed by atoms with E-state index in [-0.39, 0.29) is 18.3 Å². The normalized spacial score (nSPS) is 17.3. The Kier molecular flexibility index (Phi) is 8.40. The van der Waals surface area contributed by atoms with Gasteiger partial charge in [-0.2, -0.15) is 0 Å². The quantitative estimate of drug-likeness (QED) is 0.813. The molecule has 1 saturated heterocycles. The lowest BCUT2D eigenvalue weighted by atomic mass is 10.0. The van der Waals surface area contributed by atoms with E-state index in [4.69, 9.17) is 0 Å². The number of aryl methyl sites for hydroxylation is 2. The molecular weight excluding hydrogens is 284 g/mol. The van der Waals surface area contributed by atoms with Crippen LogP contribution in [-0.4, -0.2) is 25.5 Å². The maximum absolute atomic E-state index is 11.7. The van der Waals surface area contributed by atoms with Crippen molar-refractivity contribution >= 4 is 18.3 Å². The Bertz CT molecular complexity index is 413. The maximum Gasteiger partial charge on any atom is 0.220 e. The fourth-order valence-electron chi connectivity index (χ4n) is 2.67. The lowest BCUT2D eigenvalue weighted by Gasteiger charge is -2.09. The molecule has 1 heterocycles. The number of carbonyl (C=O) groups is 1. The first kappa shape index (κ1) is 18.0. The van der Waals surface area contributed by atoms with Crippen LogP contribution >= 0.6 is 12.4 Å². The third kappa shape index (κ3) is 6.96. The zero-order valence-electron chi connectivity index (χ0n) is 12.9. The summed E-state index contributed by atoms with van der Waals surface area (Å²) in [4.78, 5) is 11.7. The molecule has 21 heavy (non-hydrogen) atoms. The smallest absolute Gasteiger partial charge is 0.220 e. The highest BCUT2D eigenvalue weighted by Crippen LogP contribution is 2.11. The summed E-state index contributed by atoms with van der Waals surface area (Å²) in [5.41, 5.74) is 2.60. The van der Waals surface area contributed by atoms with Crippen molar-refractivity contribution in [2.75, 3.05) is 19.6 Å². The van der Waals surface area contributed by atoms with Crippen LogP contribution in [0, 0.1) is 12.8 Å². The number of hydrogen-bond donors (Lipinski definition) is 2.